The van der Waals surface area contributed by atoms with Gasteiger partial charge in [0.2, 0.25) is 0 Å². The van der Waals surface area contributed by atoms with Crippen molar-refractivity contribution in [3.63, 3.8) is 0 Å². The van der Waals surface area contributed by atoms with Gasteiger partial charge in [0.15, 0.2) is 0 Å². The normalized spacial score (nSPS) is 10.4. The first-order valence-corrected chi connectivity index (χ1v) is 6.21. The Labute approximate surface area is 113 Å². The molecule has 2 aromatic heterocycles. The molecule has 0 spiro atoms. The molecule has 0 aromatic carbocycles. The topological polar surface area (TPSA) is 52.8 Å². The summed E-state index contributed by atoms with van der Waals surface area (Å²) in [5.41, 5.74) is 2.76. The van der Waals surface area contributed by atoms with E-state index in [0.717, 1.165) is 25.1 Å². The molecule has 2 heterocycles. The molecular weight excluding hydrogens is 236 g/mol. The maximum Gasteiger partial charge on any atom is 0.144 e. The minimum absolute atomic E-state index is 0.512. The van der Waals surface area contributed by atoms with Crippen molar-refractivity contribution in [1.29, 1.82) is 5.26 Å². The first-order valence-electron chi connectivity index (χ1n) is 6.21. The molecule has 0 aliphatic rings. The van der Waals surface area contributed by atoms with E-state index >= 15 is 0 Å². The van der Waals surface area contributed by atoms with Crippen LogP contribution in [0.1, 0.15) is 16.8 Å². The fourth-order valence-corrected chi connectivity index (χ4v) is 1.91. The number of pyridine rings is 2. The van der Waals surface area contributed by atoms with Crippen LogP contribution in [-0.2, 0) is 13.0 Å². The summed E-state index contributed by atoms with van der Waals surface area (Å²) in [5, 5.41) is 9.00. The number of hydrogen-bond donors (Lipinski definition) is 0. The molecule has 0 N–H and O–H groups in total. The lowest BCUT2D eigenvalue weighted by Crippen LogP contribution is -2.21. The van der Waals surface area contributed by atoms with Crippen LogP contribution in [0.2, 0.25) is 0 Å². The molecule has 0 bridgehead atoms. The van der Waals surface area contributed by atoms with Gasteiger partial charge >= 0.3 is 0 Å². The molecule has 2 rings (SSSR count). The van der Waals surface area contributed by atoms with Gasteiger partial charge in [0.1, 0.15) is 11.8 Å². The maximum absolute atomic E-state index is 9.00. The van der Waals surface area contributed by atoms with Gasteiger partial charge in [-0.3, -0.25) is 4.98 Å². The summed E-state index contributed by atoms with van der Waals surface area (Å²) in [4.78, 5) is 10.3. The van der Waals surface area contributed by atoms with Crippen LogP contribution in [0, 0.1) is 11.3 Å². The molecule has 0 aliphatic carbocycles. The zero-order chi connectivity index (χ0) is 13.5. The average Bonchev–Trinajstić information content (AvgIpc) is 2.47. The molecule has 4 nitrogen and oxygen atoms in total. The summed E-state index contributed by atoms with van der Waals surface area (Å²) >= 11 is 0. The van der Waals surface area contributed by atoms with Crippen LogP contribution in [0.3, 0.4) is 0 Å². The monoisotopic (exact) mass is 252 g/mol. The SMILES string of the molecule is CN(CCc1ccncc1)Cc1cccnc1C#N. The van der Waals surface area contributed by atoms with Gasteiger partial charge in [-0.1, -0.05) is 6.07 Å². The van der Waals surface area contributed by atoms with Crippen molar-refractivity contribution in [3.8, 4) is 6.07 Å². The molecule has 0 amide bonds. The summed E-state index contributed by atoms with van der Waals surface area (Å²) in [5.74, 6) is 0. The summed E-state index contributed by atoms with van der Waals surface area (Å²) in [7, 11) is 2.05. The van der Waals surface area contributed by atoms with Crippen molar-refractivity contribution in [2.45, 2.75) is 13.0 Å². The lowest BCUT2D eigenvalue weighted by atomic mass is 10.1. The van der Waals surface area contributed by atoms with Crippen molar-refractivity contribution in [2.24, 2.45) is 0 Å². The molecule has 96 valence electrons. The number of rotatable bonds is 5. The second kappa shape index (κ2) is 6.62. The van der Waals surface area contributed by atoms with Crippen LogP contribution in [0.5, 0.6) is 0 Å². The molecule has 0 atom stereocenters. The van der Waals surface area contributed by atoms with Gasteiger partial charge in [0.05, 0.1) is 0 Å². The Bertz CT molecular complexity index is 560. The number of nitrogens with zero attached hydrogens (tertiary/aromatic N) is 4. The number of nitriles is 1. The molecule has 0 aliphatic heterocycles. The van der Waals surface area contributed by atoms with E-state index in [2.05, 4.69) is 28.0 Å². The minimum atomic E-state index is 0.512. The highest BCUT2D eigenvalue weighted by Gasteiger charge is 2.06. The lowest BCUT2D eigenvalue weighted by molar-refractivity contribution is 0.330. The Balaban J connectivity index is 1.91. The van der Waals surface area contributed by atoms with Crippen molar-refractivity contribution in [2.75, 3.05) is 13.6 Å². The van der Waals surface area contributed by atoms with Crippen LogP contribution >= 0.6 is 0 Å². The molecule has 0 saturated carbocycles. The second-order valence-corrected chi connectivity index (χ2v) is 4.47. The van der Waals surface area contributed by atoms with Gasteiger partial charge in [-0.25, -0.2) is 4.98 Å². The lowest BCUT2D eigenvalue weighted by Gasteiger charge is -2.16. The highest BCUT2D eigenvalue weighted by molar-refractivity contribution is 5.30. The predicted octanol–water partition coefficient (Wildman–Crippen LogP) is 2.02. The number of hydrogen-bond acceptors (Lipinski definition) is 4. The van der Waals surface area contributed by atoms with Crippen molar-refractivity contribution >= 4 is 0 Å². The van der Waals surface area contributed by atoms with Crippen LogP contribution in [0.25, 0.3) is 0 Å². The molecule has 0 fully saturated rings. The summed E-state index contributed by atoms with van der Waals surface area (Å²) in [6, 6.07) is 10.0. The smallest absolute Gasteiger partial charge is 0.144 e. The summed E-state index contributed by atoms with van der Waals surface area (Å²) < 4.78 is 0. The third kappa shape index (κ3) is 3.87. The molecule has 0 radical (unpaired) electrons. The average molecular weight is 252 g/mol. The van der Waals surface area contributed by atoms with Crippen LogP contribution < -0.4 is 0 Å². The zero-order valence-electron chi connectivity index (χ0n) is 11.0. The Hall–Kier alpha value is -2.25. The van der Waals surface area contributed by atoms with E-state index in [1.165, 1.54) is 5.56 Å². The zero-order valence-corrected chi connectivity index (χ0v) is 11.0. The van der Waals surface area contributed by atoms with E-state index in [4.69, 9.17) is 5.26 Å². The van der Waals surface area contributed by atoms with E-state index in [1.54, 1.807) is 6.20 Å². The van der Waals surface area contributed by atoms with Gasteiger partial charge in [0.25, 0.3) is 0 Å². The van der Waals surface area contributed by atoms with E-state index in [9.17, 15) is 0 Å². The van der Waals surface area contributed by atoms with Gasteiger partial charge in [-0.15, -0.1) is 0 Å². The van der Waals surface area contributed by atoms with Crippen LogP contribution in [0.4, 0.5) is 0 Å². The minimum Gasteiger partial charge on any atom is -0.302 e. The van der Waals surface area contributed by atoms with Crippen molar-refractivity contribution in [1.82, 2.24) is 14.9 Å². The Morgan fingerprint density at radius 1 is 1.21 bits per heavy atom. The summed E-state index contributed by atoms with van der Waals surface area (Å²) in [6.07, 6.45) is 6.24. The fraction of sp³-hybridized carbons (Fsp3) is 0.267. The number of aromatic nitrogens is 2. The molecule has 2 aromatic rings. The largest absolute Gasteiger partial charge is 0.302 e. The molecule has 0 unspecified atom stereocenters. The second-order valence-electron chi connectivity index (χ2n) is 4.47. The summed E-state index contributed by atoms with van der Waals surface area (Å²) in [6.45, 7) is 1.67. The molecule has 0 saturated heterocycles. The molecular formula is C15H16N4. The van der Waals surface area contributed by atoms with Gasteiger partial charge in [-0.2, -0.15) is 5.26 Å². The number of likely N-dealkylation sites (N-methyl/N-ethyl adjacent to an activating group) is 1. The highest BCUT2D eigenvalue weighted by atomic mass is 15.1. The Kier molecular flexibility index (Phi) is 4.60. The van der Waals surface area contributed by atoms with Gasteiger partial charge in [0, 0.05) is 37.2 Å². The predicted molar refractivity (Wildman–Crippen MR) is 73.2 cm³/mol. The standard InChI is InChI=1S/C15H16N4/c1-19(10-6-13-4-8-17-9-5-13)12-14-3-2-7-18-15(14)11-16/h2-5,7-9H,6,10,12H2,1H3. The van der Waals surface area contributed by atoms with E-state index in [0.29, 0.717) is 5.69 Å². The third-order valence-corrected chi connectivity index (χ3v) is 2.97. The van der Waals surface area contributed by atoms with Crippen LogP contribution in [0.15, 0.2) is 42.9 Å². The van der Waals surface area contributed by atoms with E-state index in [-0.39, 0.29) is 0 Å². The van der Waals surface area contributed by atoms with E-state index < -0.39 is 0 Å². The first-order chi connectivity index (χ1) is 9.29. The van der Waals surface area contributed by atoms with Crippen LogP contribution in [-0.4, -0.2) is 28.5 Å². The third-order valence-electron chi connectivity index (χ3n) is 2.97. The van der Waals surface area contributed by atoms with Crippen molar-refractivity contribution in [3.05, 3.63) is 59.7 Å². The first kappa shape index (κ1) is 13.2. The fourth-order valence-electron chi connectivity index (χ4n) is 1.91. The Morgan fingerprint density at radius 2 is 2.00 bits per heavy atom. The maximum atomic E-state index is 9.00. The highest BCUT2D eigenvalue weighted by Crippen LogP contribution is 2.08. The van der Waals surface area contributed by atoms with Crippen molar-refractivity contribution < 1.29 is 0 Å². The quantitative estimate of drug-likeness (QED) is 0.817. The Morgan fingerprint density at radius 3 is 2.74 bits per heavy atom. The van der Waals surface area contributed by atoms with Gasteiger partial charge < -0.3 is 4.90 Å². The molecule has 4 heteroatoms. The van der Waals surface area contributed by atoms with E-state index in [1.807, 2.05) is 36.7 Å². The van der Waals surface area contributed by atoms with Gasteiger partial charge in [-0.05, 0) is 37.2 Å². The molecule has 19 heavy (non-hydrogen) atoms.